The van der Waals surface area contributed by atoms with Crippen LogP contribution in [0.25, 0.3) is 21.3 Å². The van der Waals surface area contributed by atoms with Gasteiger partial charge in [0.1, 0.15) is 38.5 Å². The Morgan fingerprint density at radius 1 is 0.927 bits per heavy atom. The van der Waals surface area contributed by atoms with Crippen molar-refractivity contribution in [2.24, 2.45) is 0 Å². The quantitative estimate of drug-likeness (QED) is 0.208. The maximum absolute atomic E-state index is 14.2. The Balaban J connectivity index is 1.51. The Hall–Kier alpha value is -4.41. The molecule has 16 heteroatoms. The molecule has 5 rings (SSSR count). The Morgan fingerprint density at radius 3 is 2.39 bits per heavy atom. The smallest absolute Gasteiger partial charge is 0.264 e. The first-order chi connectivity index (χ1) is 19.4. The van der Waals surface area contributed by atoms with Gasteiger partial charge in [-0.3, -0.25) is 4.72 Å². The van der Waals surface area contributed by atoms with Crippen LogP contribution in [0.1, 0.15) is 0 Å². The third-order valence-corrected chi connectivity index (χ3v) is 10.0. The zero-order valence-electron chi connectivity index (χ0n) is 21.1. The summed E-state index contributed by atoms with van der Waals surface area (Å²) in [5.74, 6) is -2.22. The van der Waals surface area contributed by atoms with Crippen LogP contribution >= 0.6 is 11.3 Å². The largest absolute Gasteiger partial charge is 0.506 e. The molecule has 5 aromatic rings. The summed E-state index contributed by atoms with van der Waals surface area (Å²) in [5, 5.41) is 13.5. The number of ether oxygens (including phenoxy) is 1. The lowest BCUT2D eigenvalue weighted by Crippen LogP contribution is -2.15. The highest BCUT2D eigenvalue weighted by Crippen LogP contribution is 2.38. The number of aromatic nitrogens is 3. The van der Waals surface area contributed by atoms with E-state index in [0.717, 1.165) is 29.7 Å². The SMILES string of the molecule is COc1ncc(-c2ccc(O)c(Nc3ncnc4cc(S(C)(=O)=O)sc34)c2)cc1NS(=O)(=O)c1ccc(F)cc1F. The summed E-state index contributed by atoms with van der Waals surface area (Å²) < 4.78 is 85.2. The monoisotopic (exact) mass is 619 g/mol. The Morgan fingerprint density at radius 2 is 1.68 bits per heavy atom. The number of pyridine rings is 1. The van der Waals surface area contributed by atoms with Crippen LogP contribution in [0.5, 0.6) is 11.6 Å². The second-order valence-electron chi connectivity index (χ2n) is 8.59. The molecule has 3 N–H and O–H groups in total. The third kappa shape index (κ3) is 5.75. The first kappa shape index (κ1) is 28.1. The molecule has 11 nitrogen and oxygen atoms in total. The lowest BCUT2D eigenvalue weighted by molar-refractivity contribution is 0.400. The van der Waals surface area contributed by atoms with Crippen molar-refractivity contribution < 1.29 is 35.5 Å². The van der Waals surface area contributed by atoms with Gasteiger partial charge < -0.3 is 15.2 Å². The number of nitrogens with one attached hydrogen (secondary N) is 2. The van der Waals surface area contributed by atoms with Crippen LogP contribution in [0.2, 0.25) is 0 Å². The van der Waals surface area contributed by atoms with Crippen LogP contribution < -0.4 is 14.8 Å². The standard InChI is InChI=1S/C25H19F2N5O6S3/c1-38-25-19(32-41(36,37)21-6-4-15(26)9-16(21)27)8-14(11-28-25)13-3-5-20(33)17(7-13)31-24-23-18(29-12-30-24)10-22(39-23)40(2,34)35/h3-12,32-33H,1-2H3,(H,29,30,31). The lowest BCUT2D eigenvalue weighted by Gasteiger charge is -2.14. The van der Waals surface area contributed by atoms with Gasteiger partial charge in [-0.25, -0.2) is 40.6 Å². The predicted octanol–water partition coefficient (Wildman–Crippen LogP) is 4.69. The molecule has 0 atom stereocenters. The fourth-order valence-corrected chi connectivity index (χ4v) is 6.86. The highest BCUT2D eigenvalue weighted by atomic mass is 32.2. The summed E-state index contributed by atoms with van der Waals surface area (Å²) in [6.07, 6.45) is 3.73. The van der Waals surface area contributed by atoms with E-state index in [9.17, 15) is 30.7 Å². The number of rotatable bonds is 8. The number of thiophene rings is 1. The van der Waals surface area contributed by atoms with Crippen LogP contribution in [0, 0.1) is 11.6 Å². The van der Waals surface area contributed by atoms with Crippen molar-refractivity contribution in [1.29, 1.82) is 0 Å². The van der Waals surface area contributed by atoms with Gasteiger partial charge in [0, 0.05) is 24.1 Å². The van der Waals surface area contributed by atoms with E-state index in [1.807, 2.05) is 0 Å². The van der Waals surface area contributed by atoms with Crippen molar-refractivity contribution in [2.75, 3.05) is 23.4 Å². The number of phenols is 1. The van der Waals surface area contributed by atoms with E-state index in [2.05, 4.69) is 25.0 Å². The predicted molar refractivity (Wildman–Crippen MR) is 149 cm³/mol. The number of phenolic OH excluding ortho intramolecular Hbond substituents is 1. The van der Waals surface area contributed by atoms with Crippen molar-refractivity contribution in [1.82, 2.24) is 15.0 Å². The topological polar surface area (TPSA) is 160 Å². The highest BCUT2D eigenvalue weighted by Gasteiger charge is 2.23. The van der Waals surface area contributed by atoms with Gasteiger partial charge in [0.2, 0.25) is 5.88 Å². The number of anilines is 3. The maximum Gasteiger partial charge on any atom is 0.264 e. The number of hydrogen-bond donors (Lipinski definition) is 3. The van der Waals surface area contributed by atoms with E-state index in [4.69, 9.17) is 4.74 Å². The minimum absolute atomic E-state index is 0.105. The van der Waals surface area contributed by atoms with Crippen LogP contribution in [0.4, 0.5) is 26.0 Å². The summed E-state index contributed by atoms with van der Waals surface area (Å²) in [6.45, 7) is 0. The molecule has 0 aliphatic heterocycles. The molecule has 0 bridgehead atoms. The van der Waals surface area contributed by atoms with Gasteiger partial charge in [-0.15, -0.1) is 11.3 Å². The van der Waals surface area contributed by atoms with Crippen LogP contribution in [-0.2, 0) is 19.9 Å². The molecule has 212 valence electrons. The van der Waals surface area contributed by atoms with E-state index in [1.54, 1.807) is 6.07 Å². The van der Waals surface area contributed by atoms with Crippen LogP contribution in [0.3, 0.4) is 0 Å². The fourth-order valence-electron chi connectivity index (χ4n) is 3.79. The highest BCUT2D eigenvalue weighted by molar-refractivity contribution is 7.93. The van der Waals surface area contributed by atoms with Gasteiger partial charge in [-0.2, -0.15) is 0 Å². The van der Waals surface area contributed by atoms with Gasteiger partial charge in [-0.05, 0) is 42.0 Å². The molecular weight excluding hydrogens is 601 g/mol. The first-order valence-corrected chi connectivity index (χ1v) is 15.6. The molecule has 3 aromatic heterocycles. The van der Waals surface area contributed by atoms with Gasteiger partial charge in [0.05, 0.1) is 23.0 Å². The van der Waals surface area contributed by atoms with E-state index in [1.165, 1.54) is 43.9 Å². The number of nitrogens with zero attached hydrogens (tertiary/aromatic N) is 3. The molecule has 0 saturated heterocycles. The molecule has 0 aliphatic carbocycles. The molecule has 0 saturated carbocycles. The van der Waals surface area contributed by atoms with Gasteiger partial charge in [0.15, 0.2) is 15.7 Å². The Kier molecular flexibility index (Phi) is 7.23. The average molecular weight is 620 g/mol. The third-order valence-electron chi connectivity index (χ3n) is 5.71. The van der Waals surface area contributed by atoms with Crippen LogP contribution in [0.15, 0.2) is 70.2 Å². The Labute approximate surface area is 236 Å². The minimum Gasteiger partial charge on any atom is -0.506 e. The van der Waals surface area contributed by atoms with E-state index in [-0.39, 0.29) is 33.0 Å². The van der Waals surface area contributed by atoms with Crippen molar-refractivity contribution >= 4 is 58.6 Å². The molecule has 0 spiro atoms. The van der Waals surface area contributed by atoms with Gasteiger partial charge in [-0.1, -0.05) is 6.07 Å². The number of sulfonamides is 1. The second kappa shape index (κ2) is 10.5. The summed E-state index contributed by atoms with van der Waals surface area (Å²) in [7, 11) is -6.71. The summed E-state index contributed by atoms with van der Waals surface area (Å²) in [4.78, 5) is 11.6. The summed E-state index contributed by atoms with van der Waals surface area (Å²) in [5.41, 5.74) is 1.33. The van der Waals surface area contributed by atoms with Gasteiger partial charge >= 0.3 is 0 Å². The van der Waals surface area contributed by atoms with Crippen molar-refractivity contribution in [3.05, 3.63) is 72.7 Å². The molecule has 0 fully saturated rings. The molecule has 0 radical (unpaired) electrons. The zero-order valence-corrected chi connectivity index (χ0v) is 23.5. The summed E-state index contributed by atoms with van der Waals surface area (Å²) in [6, 6.07) is 9.36. The minimum atomic E-state index is -4.50. The number of halogens is 2. The van der Waals surface area contributed by atoms with E-state index in [0.29, 0.717) is 27.4 Å². The molecule has 0 unspecified atom stereocenters. The molecule has 41 heavy (non-hydrogen) atoms. The summed E-state index contributed by atoms with van der Waals surface area (Å²) >= 11 is 0.974. The fraction of sp³-hybridized carbons (Fsp3) is 0.0800. The molecular formula is C25H19F2N5O6S3. The number of aromatic hydroxyl groups is 1. The van der Waals surface area contributed by atoms with E-state index < -0.39 is 36.4 Å². The number of hydrogen-bond acceptors (Lipinski definition) is 11. The number of sulfone groups is 1. The maximum atomic E-state index is 14.2. The van der Waals surface area contributed by atoms with Crippen molar-refractivity contribution in [3.8, 4) is 22.8 Å². The van der Waals surface area contributed by atoms with Crippen LogP contribution in [-0.4, -0.2) is 50.3 Å². The van der Waals surface area contributed by atoms with Crippen molar-refractivity contribution in [2.45, 2.75) is 9.10 Å². The average Bonchev–Trinajstić information content (AvgIpc) is 3.36. The molecule has 3 heterocycles. The zero-order chi connectivity index (χ0) is 29.5. The second-order valence-corrected chi connectivity index (χ2v) is 13.5. The Bertz CT molecular complexity index is 2040. The molecule has 0 aliphatic rings. The molecule has 0 amide bonds. The molecule has 2 aromatic carbocycles. The first-order valence-electron chi connectivity index (χ1n) is 11.4. The number of methoxy groups -OCH3 is 1. The lowest BCUT2D eigenvalue weighted by atomic mass is 10.1. The van der Waals surface area contributed by atoms with Gasteiger partial charge in [0.25, 0.3) is 10.0 Å². The van der Waals surface area contributed by atoms with Crippen molar-refractivity contribution in [3.63, 3.8) is 0 Å². The normalized spacial score (nSPS) is 11.9. The van der Waals surface area contributed by atoms with E-state index >= 15 is 0 Å². The number of benzene rings is 2. The number of fused-ring (bicyclic) bond motifs is 1.